The zero-order chi connectivity index (χ0) is 18.1. The highest BCUT2D eigenvalue weighted by atomic mass is 16.2. The molecule has 0 atom stereocenters. The van der Waals surface area contributed by atoms with Crippen LogP contribution in [0.5, 0.6) is 0 Å². The second-order valence-electron chi connectivity index (χ2n) is 7.16. The van der Waals surface area contributed by atoms with Crippen LogP contribution in [0.3, 0.4) is 0 Å². The second-order valence-corrected chi connectivity index (χ2v) is 7.16. The summed E-state index contributed by atoms with van der Waals surface area (Å²) in [7, 11) is 0. The lowest BCUT2D eigenvalue weighted by Gasteiger charge is -2.33. The summed E-state index contributed by atoms with van der Waals surface area (Å²) in [6.45, 7) is 6.16. The Balaban J connectivity index is 1.50. The van der Waals surface area contributed by atoms with E-state index in [4.69, 9.17) is 4.98 Å². The fourth-order valence-electron chi connectivity index (χ4n) is 3.72. The van der Waals surface area contributed by atoms with Crippen LogP contribution in [0.15, 0.2) is 36.8 Å². The first-order chi connectivity index (χ1) is 12.6. The number of imidazole rings is 1. The number of nitrogens with zero attached hydrogens (tertiary/aromatic N) is 6. The highest BCUT2D eigenvalue weighted by Crippen LogP contribution is 2.30. The van der Waals surface area contributed by atoms with Crippen LogP contribution in [0.25, 0.3) is 11.2 Å². The van der Waals surface area contributed by atoms with Gasteiger partial charge in [-0.2, -0.15) is 5.10 Å². The van der Waals surface area contributed by atoms with Gasteiger partial charge in [0.25, 0.3) is 0 Å². The molecule has 0 bridgehead atoms. The Morgan fingerprint density at radius 1 is 1.23 bits per heavy atom. The molecule has 1 amide bonds. The van der Waals surface area contributed by atoms with Crippen molar-refractivity contribution in [3.8, 4) is 0 Å². The SMILES string of the molecule is CC(C)c1nc2cccnc2n1C1CCN(C(=O)Cn2cccn2)CC1. The van der Waals surface area contributed by atoms with Crippen LogP contribution in [0, 0.1) is 0 Å². The van der Waals surface area contributed by atoms with Gasteiger partial charge in [-0.05, 0) is 31.0 Å². The summed E-state index contributed by atoms with van der Waals surface area (Å²) in [5, 5.41) is 4.12. The number of carbonyl (C=O) groups is 1. The molecule has 4 rings (SSSR count). The maximum Gasteiger partial charge on any atom is 0.244 e. The number of aromatic nitrogens is 5. The first-order valence-corrected chi connectivity index (χ1v) is 9.21. The third kappa shape index (κ3) is 3.09. The van der Waals surface area contributed by atoms with E-state index in [0.29, 0.717) is 18.5 Å². The van der Waals surface area contributed by atoms with E-state index in [1.54, 1.807) is 10.9 Å². The topological polar surface area (TPSA) is 68.8 Å². The van der Waals surface area contributed by atoms with Gasteiger partial charge in [-0.25, -0.2) is 9.97 Å². The lowest BCUT2D eigenvalue weighted by molar-refractivity contribution is -0.133. The molecule has 0 saturated carbocycles. The van der Waals surface area contributed by atoms with Crippen LogP contribution in [0.1, 0.15) is 44.5 Å². The van der Waals surface area contributed by atoms with Crippen LogP contribution in [0.4, 0.5) is 0 Å². The van der Waals surface area contributed by atoms with E-state index in [9.17, 15) is 4.79 Å². The number of hydrogen-bond acceptors (Lipinski definition) is 4. The lowest BCUT2D eigenvalue weighted by Crippen LogP contribution is -2.41. The molecule has 1 aliphatic heterocycles. The maximum atomic E-state index is 12.5. The Kier molecular flexibility index (Phi) is 4.44. The van der Waals surface area contributed by atoms with Gasteiger partial charge in [-0.1, -0.05) is 13.8 Å². The third-order valence-corrected chi connectivity index (χ3v) is 5.03. The first kappa shape index (κ1) is 16.8. The van der Waals surface area contributed by atoms with Gasteiger partial charge in [-0.3, -0.25) is 9.48 Å². The number of likely N-dealkylation sites (tertiary alicyclic amines) is 1. The fraction of sp³-hybridized carbons (Fsp3) is 0.474. The molecule has 136 valence electrons. The lowest BCUT2D eigenvalue weighted by atomic mass is 10.0. The van der Waals surface area contributed by atoms with Crippen molar-refractivity contribution < 1.29 is 4.79 Å². The fourth-order valence-corrected chi connectivity index (χ4v) is 3.72. The summed E-state index contributed by atoms with van der Waals surface area (Å²) >= 11 is 0. The first-order valence-electron chi connectivity index (χ1n) is 9.21. The van der Waals surface area contributed by atoms with E-state index in [-0.39, 0.29) is 5.91 Å². The van der Waals surface area contributed by atoms with Gasteiger partial charge in [0, 0.05) is 43.6 Å². The van der Waals surface area contributed by atoms with Gasteiger partial charge < -0.3 is 9.47 Å². The normalized spacial score (nSPS) is 15.9. The predicted molar refractivity (Wildman–Crippen MR) is 98.7 cm³/mol. The Hall–Kier alpha value is -2.70. The van der Waals surface area contributed by atoms with Gasteiger partial charge in [0.05, 0.1) is 0 Å². The molecule has 0 aromatic carbocycles. The van der Waals surface area contributed by atoms with E-state index in [2.05, 4.69) is 28.5 Å². The zero-order valence-electron chi connectivity index (χ0n) is 15.2. The van der Waals surface area contributed by atoms with Gasteiger partial charge >= 0.3 is 0 Å². The van der Waals surface area contributed by atoms with E-state index in [1.807, 2.05) is 35.5 Å². The third-order valence-electron chi connectivity index (χ3n) is 5.03. The van der Waals surface area contributed by atoms with Crippen molar-refractivity contribution in [1.29, 1.82) is 0 Å². The standard InChI is InChI=1S/C19H24N6O/c1-14(2)18-22-16-5-3-8-20-19(16)25(18)15-6-11-23(12-7-15)17(26)13-24-10-4-9-21-24/h3-5,8-10,14-15H,6-7,11-13H2,1-2H3. The van der Waals surface area contributed by atoms with Gasteiger partial charge in [0.1, 0.15) is 17.9 Å². The largest absolute Gasteiger partial charge is 0.341 e. The molecule has 7 heteroatoms. The minimum Gasteiger partial charge on any atom is -0.341 e. The van der Waals surface area contributed by atoms with Crippen molar-refractivity contribution in [2.45, 2.75) is 45.2 Å². The van der Waals surface area contributed by atoms with Crippen LogP contribution in [-0.4, -0.2) is 48.2 Å². The van der Waals surface area contributed by atoms with Crippen molar-refractivity contribution >= 4 is 17.1 Å². The Morgan fingerprint density at radius 2 is 2.04 bits per heavy atom. The summed E-state index contributed by atoms with van der Waals surface area (Å²) in [5.74, 6) is 1.55. The molecule has 3 aromatic heterocycles. The van der Waals surface area contributed by atoms with E-state index in [1.165, 1.54) is 0 Å². The number of fused-ring (bicyclic) bond motifs is 1. The predicted octanol–water partition coefficient (Wildman–Crippen LogP) is 2.61. The molecule has 0 unspecified atom stereocenters. The number of piperidine rings is 1. The average molecular weight is 352 g/mol. The van der Waals surface area contributed by atoms with Gasteiger partial charge in [-0.15, -0.1) is 0 Å². The second kappa shape index (κ2) is 6.90. The summed E-state index contributed by atoms with van der Waals surface area (Å²) in [6.07, 6.45) is 7.19. The minimum atomic E-state index is 0.129. The highest BCUT2D eigenvalue weighted by molar-refractivity contribution is 5.76. The molecular formula is C19H24N6O. The molecule has 26 heavy (non-hydrogen) atoms. The quantitative estimate of drug-likeness (QED) is 0.724. The van der Waals surface area contributed by atoms with Crippen LogP contribution in [-0.2, 0) is 11.3 Å². The summed E-state index contributed by atoms with van der Waals surface area (Å²) in [6, 6.07) is 6.12. The summed E-state index contributed by atoms with van der Waals surface area (Å²) in [5.41, 5.74) is 1.91. The molecule has 0 spiro atoms. The minimum absolute atomic E-state index is 0.129. The molecule has 4 heterocycles. The van der Waals surface area contributed by atoms with E-state index < -0.39 is 0 Å². The molecule has 7 nitrogen and oxygen atoms in total. The Labute approximate surface area is 152 Å². The number of amides is 1. The maximum absolute atomic E-state index is 12.5. The molecule has 0 aliphatic carbocycles. The number of rotatable bonds is 4. The van der Waals surface area contributed by atoms with E-state index in [0.717, 1.165) is 42.9 Å². The van der Waals surface area contributed by atoms with Crippen molar-refractivity contribution in [3.63, 3.8) is 0 Å². The molecule has 1 aliphatic rings. The number of pyridine rings is 1. The van der Waals surface area contributed by atoms with Gasteiger partial charge in [0.2, 0.25) is 5.91 Å². The highest BCUT2D eigenvalue weighted by Gasteiger charge is 2.27. The van der Waals surface area contributed by atoms with Crippen molar-refractivity contribution in [2.75, 3.05) is 13.1 Å². The van der Waals surface area contributed by atoms with E-state index >= 15 is 0 Å². The molecule has 0 N–H and O–H groups in total. The van der Waals surface area contributed by atoms with Crippen LogP contribution in [0.2, 0.25) is 0 Å². The molecule has 1 saturated heterocycles. The Bertz CT molecular complexity index is 890. The molecular weight excluding hydrogens is 328 g/mol. The summed E-state index contributed by atoms with van der Waals surface area (Å²) < 4.78 is 3.98. The molecule has 3 aromatic rings. The monoisotopic (exact) mass is 352 g/mol. The number of carbonyl (C=O) groups excluding carboxylic acids is 1. The number of hydrogen-bond donors (Lipinski definition) is 0. The molecule has 0 radical (unpaired) electrons. The average Bonchev–Trinajstić information content (AvgIpc) is 3.29. The van der Waals surface area contributed by atoms with Crippen molar-refractivity contribution in [1.82, 2.24) is 29.2 Å². The van der Waals surface area contributed by atoms with Crippen LogP contribution < -0.4 is 0 Å². The van der Waals surface area contributed by atoms with Crippen molar-refractivity contribution in [2.24, 2.45) is 0 Å². The van der Waals surface area contributed by atoms with Crippen LogP contribution >= 0.6 is 0 Å². The zero-order valence-corrected chi connectivity index (χ0v) is 15.2. The molecule has 1 fully saturated rings. The summed E-state index contributed by atoms with van der Waals surface area (Å²) in [4.78, 5) is 23.8. The van der Waals surface area contributed by atoms with Gasteiger partial charge in [0.15, 0.2) is 5.65 Å². The Morgan fingerprint density at radius 3 is 2.73 bits per heavy atom. The smallest absolute Gasteiger partial charge is 0.244 e. The van der Waals surface area contributed by atoms with Crippen molar-refractivity contribution in [3.05, 3.63) is 42.6 Å².